The van der Waals surface area contributed by atoms with Crippen molar-refractivity contribution in [3.05, 3.63) is 364 Å². The molecule has 0 aliphatic rings. The number of hydrogen-bond donors (Lipinski definition) is 0. The Bertz CT molecular complexity index is 5310. The second-order valence-corrected chi connectivity index (χ2v) is 24.6. The van der Waals surface area contributed by atoms with Crippen LogP contribution in [0.25, 0.3) is 142 Å². The van der Waals surface area contributed by atoms with E-state index in [-0.39, 0.29) is 0 Å². The number of para-hydroxylation sites is 4. The quantitative estimate of drug-likeness (QED) is 0.119. The smallest absolute Gasteiger partial charge is 0.0618 e. The van der Waals surface area contributed by atoms with Crippen LogP contribution in [0.1, 0.15) is 0 Å². The third-order valence-corrected chi connectivity index (χ3v) is 19.2. The number of fused-ring (bicyclic) bond motifs is 8. The van der Waals surface area contributed by atoms with Crippen molar-refractivity contribution in [3.8, 4) is 55.6 Å². The minimum absolute atomic E-state index is 1.10. The van der Waals surface area contributed by atoms with E-state index >= 15 is 0 Å². The minimum Gasteiger partial charge on any atom is -0.309 e. The lowest BCUT2D eigenvalue weighted by molar-refractivity contribution is 1.31. The van der Waals surface area contributed by atoms with Gasteiger partial charge in [0.15, 0.2) is 0 Å². The fourth-order valence-electron chi connectivity index (χ4n) is 15.3. The minimum atomic E-state index is 1.10. The predicted octanol–water partition coefficient (Wildman–Crippen LogP) is 26.2. The van der Waals surface area contributed by atoms with Crippen molar-refractivity contribution in [1.82, 2.24) is 0 Å². The molecule has 2 heteroatoms. The van der Waals surface area contributed by atoms with Gasteiger partial charge in [0.1, 0.15) is 0 Å². The molecule has 0 bridgehead atoms. The van der Waals surface area contributed by atoms with Crippen LogP contribution in [0.5, 0.6) is 0 Å². The highest BCUT2D eigenvalue weighted by molar-refractivity contribution is 6.25. The molecule has 18 rings (SSSR count). The van der Waals surface area contributed by atoms with Crippen molar-refractivity contribution in [1.29, 1.82) is 0 Å². The lowest BCUT2D eigenvalue weighted by atomic mass is 9.83. The molecule has 0 radical (unpaired) electrons. The van der Waals surface area contributed by atoms with Gasteiger partial charge in [-0.3, -0.25) is 0 Å². The Morgan fingerprint density at radius 1 is 0.138 bits per heavy atom. The fourth-order valence-corrected chi connectivity index (χ4v) is 15.3. The molecule has 0 unspecified atom stereocenters. The summed E-state index contributed by atoms with van der Waals surface area (Å²) in [4.78, 5) is 4.90. The molecule has 0 aromatic heterocycles. The molecule has 0 atom stereocenters. The van der Waals surface area contributed by atoms with E-state index in [0.717, 1.165) is 67.5 Å². The Morgan fingerprint density at radius 3 is 0.564 bits per heavy atom. The van der Waals surface area contributed by atoms with E-state index in [9.17, 15) is 0 Å². The second kappa shape index (κ2) is 22.8. The molecule has 438 valence electrons. The molecule has 18 aromatic carbocycles. The summed E-state index contributed by atoms with van der Waals surface area (Å²) in [6.07, 6.45) is 0. The van der Waals surface area contributed by atoms with Crippen molar-refractivity contribution >= 4 is 120 Å². The van der Waals surface area contributed by atoms with Crippen LogP contribution >= 0.6 is 0 Å². The molecule has 0 fully saturated rings. The number of rotatable bonds is 11. The van der Waals surface area contributed by atoms with Crippen LogP contribution in [0.15, 0.2) is 364 Å². The average molecular weight is 1190 g/mol. The molecule has 18 aromatic rings. The zero-order chi connectivity index (χ0) is 62.1. The van der Waals surface area contributed by atoms with Crippen LogP contribution in [0.4, 0.5) is 34.1 Å². The van der Waals surface area contributed by atoms with Crippen molar-refractivity contribution in [2.45, 2.75) is 0 Å². The standard InChI is InChI=1S/C92H60N2/c1-5-33-71(34-6-1)93(72-35-7-2-8-36-72)91-83-49-25-21-45-79(83)89(80-46-22-26-50-84(80)91)69-57-65(55-67(59-69)87-75-41-17-13-29-61(75)53-62-30-14-18-42-76(62)87)66-56-68(88-77-43-19-15-31-63(77)54-64-32-16-20-44-78(64)88)60-70(58-66)90-81-47-23-27-51-85(81)92(86-52-28-24-48-82(86)90)94(73-37-9-3-10-38-73)74-39-11-4-12-40-74/h1-60H. The summed E-state index contributed by atoms with van der Waals surface area (Å²) in [7, 11) is 0. The van der Waals surface area contributed by atoms with Gasteiger partial charge >= 0.3 is 0 Å². The van der Waals surface area contributed by atoms with Gasteiger partial charge in [-0.05, 0) is 217 Å². The SMILES string of the molecule is c1ccc(N(c2ccccc2)c2c3ccccc3c(-c3cc(-c4cc(-c5c6ccccc6cc6ccccc56)cc(-c5c6ccccc6c(N(c6ccccc6)c6ccccc6)c6ccccc56)c4)cc(-c4c5ccccc5cc5ccccc45)c3)c3ccccc23)cc1. The molecule has 0 aliphatic heterocycles. The third-order valence-electron chi connectivity index (χ3n) is 19.2. The maximum atomic E-state index is 2.50. The molecular weight excluding hydrogens is 1130 g/mol. The molecule has 0 spiro atoms. The van der Waals surface area contributed by atoms with Gasteiger partial charge in [0.25, 0.3) is 0 Å². The van der Waals surface area contributed by atoms with Crippen LogP contribution in [-0.2, 0) is 0 Å². The molecule has 0 saturated carbocycles. The van der Waals surface area contributed by atoms with Gasteiger partial charge in [0.2, 0.25) is 0 Å². The van der Waals surface area contributed by atoms with Crippen molar-refractivity contribution < 1.29 is 0 Å². The highest BCUT2D eigenvalue weighted by atomic mass is 15.2. The monoisotopic (exact) mass is 1190 g/mol. The molecule has 94 heavy (non-hydrogen) atoms. The molecule has 0 N–H and O–H groups in total. The lowest BCUT2D eigenvalue weighted by Crippen LogP contribution is -2.11. The Hall–Kier alpha value is -12.4. The first-order valence-electron chi connectivity index (χ1n) is 32.5. The van der Waals surface area contributed by atoms with Gasteiger partial charge in [-0.2, -0.15) is 0 Å². The van der Waals surface area contributed by atoms with E-state index < -0.39 is 0 Å². The Labute approximate surface area is 546 Å². The number of anilines is 6. The first-order valence-corrected chi connectivity index (χ1v) is 32.5. The fraction of sp³-hybridized carbons (Fsp3) is 0. The molecule has 0 aliphatic carbocycles. The first kappa shape index (κ1) is 54.6. The molecule has 0 amide bonds. The van der Waals surface area contributed by atoms with Crippen molar-refractivity contribution in [2.24, 2.45) is 0 Å². The van der Waals surface area contributed by atoms with E-state index in [1.165, 1.54) is 108 Å². The lowest BCUT2D eigenvalue weighted by Gasteiger charge is -2.29. The third kappa shape index (κ3) is 9.18. The number of nitrogens with zero attached hydrogens (tertiary/aromatic N) is 2. The topological polar surface area (TPSA) is 6.48 Å². The van der Waals surface area contributed by atoms with E-state index in [1.54, 1.807) is 0 Å². The summed E-state index contributed by atoms with van der Waals surface area (Å²) >= 11 is 0. The van der Waals surface area contributed by atoms with Gasteiger partial charge in [-0.15, -0.1) is 0 Å². The first-order chi connectivity index (χ1) is 46.7. The zero-order valence-electron chi connectivity index (χ0n) is 51.5. The molecule has 0 heterocycles. The van der Waals surface area contributed by atoms with Crippen LogP contribution in [0.3, 0.4) is 0 Å². The van der Waals surface area contributed by atoms with Crippen LogP contribution in [0, 0.1) is 0 Å². The summed E-state index contributed by atoms with van der Waals surface area (Å²) in [5.74, 6) is 0. The van der Waals surface area contributed by atoms with E-state index in [2.05, 4.69) is 374 Å². The van der Waals surface area contributed by atoms with E-state index in [1.807, 2.05) is 0 Å². The summed E-state index contributed by atoms with van der Waals surface area (Å²) in [5.41, 5.74) is 18.3. The van der Waals surface area contributed by atoms with Crippen LogP contribution in [-0.4, -0.2) is 0 Å². The molecular formula is C92H60N2. The molecule has 2 nitrogen and oxygen atoms in total. The number of benzene rings is 18. The molecule has 0 saturated heterocycles. The highest BCUT2D eigenvalue weighted by Crippen LogP contribution is 2.53. The van der Waals surface area contributed by atoms with Crippen molar-refractivity contribution in [3.63, 3.8) is 0 Å². The zero-order valence-corrected chi connectivity index (χ0v) is 51.5. The maximum Gasteiger partial charge on any atom is 0.0618 e. The van der Waals surface area contributed by atoms with Gasteiger partial charge in [-0.1, -0.05) is 267 Å². The normalized spacial score (nSPS) is 11.6. The summed E-state index contributed by atoms with van der Waals surface area (Å²) in [5, 5.41) is 19.0. The van der Waals surface area contributed by atoms with Crippen molar-refractivity contribution in [2.75, 3.05) is 9.80 Å². The summed E-state index contributed by atoms with van der Waals surface area (Å²) < 4.78 is 0. The second-order valence-electron chi connectivity index (χ2n) is 24.6. The van der Waals surface area contributed by atoms with Gasteiger partial charge in [-0.25, -0.2) is 0 Å². The predicted molar refractivity (Wildman–Crippen MR) is 403 cm³/mol. The van der Waals surface area contributed by atoms with Crippen LogP contribution < -0.4 is 9.80 Å². The largest absolute Gasteiger partial charge is 0.309 e. The maximum absolute atomic E-state index is 2.50. The van der Waals surface area contributed by atoms with E-state index in [0.29, 0.717) is 0 Å². The summed E-state index contributed by atoms with van der Waals surface area (Å²) in [6, 6.07) is 135. The van der Waals surface area contributed by atoms with Gasteiger partial charge in [0.05, 0.1) is 11.4 Å². The Balaban J connectivity index is 0.976. The average Bonchev–Trinajstić information content (AvgIpc) is 0.746. The van der Waals surface area contributed by atoms with E-state index in [4.69, 9.17) is 0 Å². The van der Waals surface area contributed by atoms with Gasteiger partial charge < -0.3 is 9.80 Å². The Kier molecular flexibility index (Phi) is 13.3. The highest BCUT2D eigenvalue weighted by Gasteiger charge is 2.27. The summed E-state index contributed by atoms with van der Waals surface area (Å²) in [6.45, 7) is 0. The van der Waals surface area contributed by atoms with Gasteiger partial charge in [0, 0.05) is 44.3 Å². The Morgan fingerprint density at radius 2 is 0.319 bits per heavy atom. The number of hydrogen-bond acceptors (Lipinski definition) is 2. The van der Waals surface area contributed by atoms with Crippen LogP contribution in [0.2, 0.25) is 0 Å².